The summed E-state index contributed by atoms with van der Waals surface area (Å²) in [7, 11) is -2.39. The van der Waals surface area contributed by atoms with Crippen LogP contribution >= 0.6 is 0 Å². The lowest BCUT2D eigenvalue weighted by Gasteiger charge is -2.12. The van der Waals surface area contributed by atoms with Gasteiger partial charge in [0, 0.05) is 16.9 Å². The molecule has 31 heavy (non-hydrogen) atoms. The number of aromatic amines is 1. The number of nitrogens with zero attached hydrogens (tertiary/aromatic N) is 1. The van der Waals surface area contributed by atoms with Gasteiger partial charge in [-0.15, -0.1) is 0 Å². The molecule has 0 radical (unpaired) electrons. The summed E-state index contributed by atoms with van der Waals surface area (Å²) >= 11 is 0. The van der Waals surface area contributed by atoms with Crippen LogP contribution in [0.1, 0.15) is 39.4 Å². The topological polar surface area (TPSA) is 116 Å². The number of anilines is 2. The van der Waals surface area contributed by atoms with E-state index in [9.17, 15) is 13.2 Å². The quantitative estimate of drug-likeness (QED) is 0.452. The van der Waals surface area contributed by atoms with Crippen LogP contribution in [0.2, 0.25) is 0 Å². The summed E-state index contributed by atoms with van der Waals surface area (Å²) < 4.78 is 27.1. The third-order valence-corrected chi connectivity index (χ3v) is 6.74. The van der Waals surface area contributed by atoms with Crippen LogP contribution in [0.15, 0.2) is 47.5 Å². The van der Waals surface area contributed by atoms with E-state index < -0.39 is 10.0 Å². The first-order chi connectivity index (χ1) is 14.8. The van der Waals surface area contributed by atoms with E-state index in [1.807, 2.05) is 25.1 Å². The standard InChI is InChI=1S/C22H25N5O3S/c1-14-24-12-20(26-14)13-25-19-9-17(10-21(11-19)31(29,30)23-2)22(28)27-18-7-6-15-4-3-5-16(15)8-18/h6-12,23,25H,3-5,13H2,1-2H3,(H,24,26)(H,27,28). The molecule has 2 aromatic carbocycles. The van der Waals surface area contributed by atoms with E-state index >= 15 is 0 Å². The van der Waals surface area contributed by atoms with Gasteiger partial charge in [-0.3, -0.25) is 4.79 Å². The van der Waals surface area contributed by atoms with Crippen LogP contribution in [0.25, 0.3) is 0 Å². The Morgan fingerprint density at radius 1 is 1.10 bits per heavy atom. The minimum atomic E-state index is -3.73. The highest BCUT2D eigenvalue weighted by atomic mass is 32.2. The monoisotopic (exact) mass is 439 g/mol. The molecule has 1 aliphatic carbocycles. The zero-order chi connectivity index (χ0) is 22.0. The maximum Gasteiger partial charge on any atom is 0.255 e. The Bertz CT molecular complexity index is 1230. The SMILES string of the molecule is CNS(=O)(=O)c1cc(NCc2cnc(C)[nH]2)cc(C(=O)Nc2ccc3c(c2)CCC3)c1. The Kier molecular flexibility index (Phi) is 5.79. The van der Waals surface area contributed by atoms with E-state index in [4.69, 9.17) is 0 Å². The van der Waals surface area contributed by atoms with Crippen LogP contribution in [0.4, 0.5) is 11.4 Å². The number of carbonyl (C=O) groups excluding carboxylic acids is 1. The minimum Gasteiger partial charge on any atom is -0.379 e. The van der Waals surface area contributed by atoms with Gasteiger partial charge >= 0.3 is 0 Å². The number of hydrogen-bond acceptors (Lipinski definition) is 5. The maximum atomic E-state index is 12.9. The van der Waals surface area contributed by atoms with E-state index in [-0.39, 0.29) is 16.4 Å². The summed E-state index contributed by atoms with van der Waals surface area (Å²) in [5.41, 5.74) is 4.89. The first kappa shape index (κ1) is 21.1. The number of amides is 1. The number of aryl methyl sites for hydroxylation is 3. The number of fused-ring (bicyclic) bond motifs is 1. The van der Waals surface area contributed by atoms with Crippen LogP contribution in [-0.2, 0) is 29.4 Å². The Labute approximate surface area is 181 Å². The molecule has 0 unspecified atom stereocenters. The second-order valence-electron chi connectivity index (χ2n) is 7.59. The second-order valence-corrected chi connectivity index (χ2v) is 9.48. The largest absolute Gasteiger partial charge is 0.379 e. The van der Waals surface area contributed by atoms with Gasteiger partial charge in [0.15, 0.2) is 0 Å². The molecule has 4 N–H and O–H groups in total. The fourth-order valence-electron chi connectivity index (χ4n) is 3.72. The van der Waals surface area contributed by atoms with Gasteiger partial charge in [0.25, 0.3) is 5.91 Å². The maximum absolute atomic E-state index is 12.9. The summed E-state index contributed by atoms with van der Waals surface area (Å²) in [6, 6.07) is 10.4. The van der Waals surface area contributed by atoms with Crippen LogP contribution in [0.5, 0.6) is 0 Å². The van der Waals surface area contributed by atoms with Crippen LogP contribution in [0, 0.1) is 6.92 Å². The van der Waals surface area contributed by atoms with Crippen LogP contribution in [0.3, 0.4) is 0 Å². The molecule has 0 fully saturated rings. The number of rotatable bonds is 7. The van der Waals surface area contributed by atoms with E-state index in [0.29, 0.717) is 17.9 Å². The lowest BCUT2D eigenvalue weighted by Crippen LogP contribution is -2.20. The molecule has 1 aromatic heterocycles. The van der Waals surface area contributed by atoms with Crippen molar-refractivity contribution in [1.29, 1.82) is 0 Å². The molecule has 0 aliphatic heterocycles. The van der Waals surface area contributed by atoms with Crippen molar-refractivity contribution < 1.29 is 13.2 Å². The van der Waals surface area contributed by atoms with Crippen LogP contribution < -0.4 is 15.4 Å². The first-order valence-corrected chi connectivity index (χ1v) is 11.6. The highest BCUT2D eigenvalue weighted by Crippen LogP contribution is 2.26. The number of hydrogen-bond donors (Lipinski definition) is 4. The molecule has 0 saturated heterocycles. The van der Waals surface area contributed by atoms with E-state index in [1.54, 1.807) is 12.3 Å². The Morgan fingerprint density at radius 2 is 1.90 bits per heavy atom. The summed E-state index contributed by atoms with van der Waals surface area (Å²) in [5.74, 6) is 0.421. The molecule has 0 spiro atoms. The van der Waals surface area contributed by atoms with Crippen molar-refractivity contribution >= 4 is 27.3 Å². The number of sulfonamides is 1. The molecule has 9 heteroatoms. The predicted molar refractivity (Wildman–Crippen MR) is 120 cm³/mol. The summed E-state index contributed by atoms with van der Waals surface area (Å²) in [5, 5.41) is 6.05. The Balaban J connectivity index is 1.60. The third-order valence-electron chi connectivity index (χ3n) is 5.34. The van der Waals surface area contributed by atoms with Crippen molar-refractivity contribution in [2.24, 2.45) is 0 Å². The molecular formula is C22H25N5O3S. The summed E-state index contributed by atoms with van der Waals surface area (Å²) in [4.78, 5) is 20.2. The molecule has 1 amide bonds. The van der Waals surface area contributed by atoms with Crippen molar-refractivity contribution in [3.8, 4) is 0 Å². The number of nitrogens with one attached hydrogen (secondary N) is 4. The van der Waals surface area contributed by atoms with Gasteiger partial charge in [-0.1, -0.05) is 6.07 Å². The predicted octanol–water partition coefficient (Wildman–Crippen LogP) is 2.98. The van der Waals surface area contributed by atoms with E-state index in [0.717, 1.165) is 30.8 Å². The van der Waals surface area contributed by atoms with Crippen molar-refractivity contribution in [2.75, 3.05) is 17.7 Å². The fraction of sp³-hybridized carbons (Fsp3) is 0.273. The number of H-pyrrole nitrogens is 1. The minimum absolute atomic E-state index is 0.0138. The molecule has 3 aromatic rings. The molecule has 1 heterocycles. The van der Waals surface area contributed by atoms with Gasteiger partial charge < -0.3 is 15.6 Å². The third kappa shape index (κ3) is 4.78. The Morgan fingerprint density at radius 3 is 2.65 bits per heavy atom. The summed E-state index contributed by atoms with van der Waals surface area (Å²) in [6.07, 6.45) is 4.91. The fourth-order valence-corrected chi connectivity index (χ4v) is 4.52. The molecule has 0 atom stereocenters. The van der Waals surface area contributed by atoms with Gasteiger partial charge in [0.1, 0.15) is 5.82 Å². The number of benzene rings is 2. The molecular weight excluding hydrogens is 414 g/mol. The van der Waals surface area contributed by atoms with Gasteiger partial charge in [0.05, 0.1) is 23.3 Å². The van der Waals surface area contributed by atoms with Gasteiger partial charge in [-0.05, 0) is 74.7 Å². The normalized spacial score (nSPS) is 13.1. The van der Waals surface area contributed by atoms with Crippen LogP contribution in [-0.4, -0.2) is 31.3 Å². The van der Waals surface area contributed by atoms with Crippen molar-refractivity contribution in [1.82, 2.24) is 14.7 Å². The lowest BCUT2D eigenvalue weighted by atomic mass is 10.1. The second kappa shape index (κ2) is 8.52. The number of imidazole rings is 1. The molecule has 0 saturated carbocycles. The average molecular weight is 440 g/mol. The lowest BCUT2D eigenvalue weighted by molar-refractivity contribution is 0.102. The van der Waals surface area contributed by atoms with E-state index in [1.165, 1.54) is 30.3 Å². The van der Waals surface area contributed by atoms with Crippen molar-refractivity contribution in [3.05, 3.63) is 70.8 Å². The van der Waals surface area contributed by atoms with Gasteiger partial charge in [-0.2, -0.15) is 0 Å². The summed E-state index contributed by atoms with van der Waals surface area (Å²) in [6.45, 7) is 2.26. The zero-order valence-corrected chi connectivity index (χ0v) is 18.3. The van der Waals surface area contributed by atoms with Crippen molar-refractivity contribution in [3.63, 3.8) is 0 Å². The molecule has 8 nitrogen and oxygen atoms in total. The highest BCUT2D eigenvalue weighted by Gasteiger charge is 2.18. The van der Waals surface area contributed by atoms with Gasteiger partial charge in [-0.25, -0.2) is 18.1 Å². The zero-order valence-electron chi connectivity index (χ0n) is 17.5. The Hall–Kier alpha value is -3.17. The molecule has 0 bridgehead atoms. The molecule has 162 valence electrons. The molecule has 4 rings (SSSR count). The number of carbonyl (C=O) groups is 1. The highest BCUT2D eigenvalue weighted by molar-refractivity contribution is 7.89. The smallest absolute Gasteiger partial charge is 0.255 e. The van der Waals surface area contributed by atoms with E-state index in [2.05, 4.69) is 25.3 Å². The molecule has 1 aliphatic rings. The average Bonchev–Trinajstić information content (AvgIpc) is 3.40. The van der Waals surface area contributed by atoms with Crippen molar-refractivity contribution in [2.45, 2.75) is 37.6 Å². The van der Waals surface area contributed by atoms with Gasteiger partial charge in [0.2, 0.25) is 10.0 Å². The number of aromatic nitrogens is 2. The first-order valence-electron chi connectivity index (χ1n) is 10.1.